The zero-order chi connectivity index (χ0) is 8.97. The molecule has 0 amide bonds. The molecule has 0 saturated heterocycles. The third kappa shape index (κ3) is 1.11. The van der Waals surface area contributed by atoms with Gasteiger partial charge in [0.25, 0.3) is 0 Å². The molecule has 0 bridgehead atoms. The van der Waals surface area contributed by atoms with Crippen LogP contribution < -0.4 is 0 Å². The van der Waals surface area contributed by atoms with Crippen LogP contribution in [0.2, 0.25) is 0 Å². The van der Waals surface area contributed by atoms with E-state index in [-0.39, 0.29) is 17.0 Å². The lowest BCUT2D eigenvalue weighted by molar-refractivity contribution is -0.0222. The van der Waals surface area contributed by atoms with Crippen LogP contribution in [-0.4, -0.2) is 21.0 Å². The second kappa shape index (κ2) is 3.22. The van der Waals surface area contributed by atoms with Crippen molar-refractivity contribution >= 4 is 11.4 Å². The van der Waals surface area contributed by atoms with Crippen molar-refractivity contribution in [3.63, 3.8) is 0 Å². The second-order valence-electron chi connectivity index (χ2n) is 1.99. The van der Waals surface area contributed by atoms with E-state index in [2.05, 4.69) is 9.58 Å². The Balaban J connectivity index is 3.36. The Morgan fingerprint density at radius 3 is 2.58 bits per heavy atom. The maximum absolute atomic E-state index is 8.53. The molecule has 0 aromatic carbocycles. The Labute approximate surface area is 68.1 Å². The maximum Gasteiger partial charge on any atom is 0.420 e. The van der Waals surface area contributed by atoms with E-state index in [1.165, 1.54) is 18.2 Å². The predicted octanol–water partition coefficient (Wildman–Crippen LogP) is 0.348. The average Bonchev–Trinajstić information content (AvgIpc) is 2.16. The molecular formula is C7H3N5. The summed E-state index contributed by atoms with van der Waals surface area (Å²) in [5, 5.41) is 8.53. The zero-order valence-electron chi connectivity index (χ0n) is 5.97. The summed E-state index contributed by atoms with van der Waals surface area (Å²) < 4.78 is 0. The molecule has 0 atom stereocenters. The standard InChI is InChI=1S/C7H3N5/c8-4-5-2-1-3-6(11-9)7(5)12-10/h1-3H. The van der Waals surface area contributed by atoms with E-state index in [1.54, 1.807) is 6.07 Å². The molecule has 0 aliphatic heterocycles. The molecule has 0 aromatic rings. The highest BCUT2D eigenvalue weighted by Crippen LogP contribution is 2.02. The molecule has 1 rings (SSSR count). The Kier molecular flexibility index (Phi) is 2.10. The molecule has 1 aliphatic carbocycles. The molecule has 0 fully saturated rings. The van der Waals surface area contributed by atoms with Gasteiger partial charge in [-0.1, -0.05) is 6.08 Å². The van der Waals surface area contributed by atoms with Gasteiger partial charge in [0.1, 0.15) is 11.6 Å². The van der Waals surface area contributed by atoms with Crippen molar-refractivity contribution in [3.8, 4) is 6.07 Å². The van der Waals surface area contributed by atoms with Gasteiger partial charge in [-0.2, -0.15) is 14.8 Å². The van der Waals surface area contributed by atoms with E-state index < -0.39 is 0 Å². The van der Waals surface area contributed by atoms with Crippen molar-refractivity contribution in [1.29, 1.82) is 5.26 Å². The Hall–Kier alpha value is -2.27. The van der Waals surface area contributed by atoms with Crippen LogP contribution in [0, 0.1) is 11.3 Å². The number of hydrogen-bond donors (Lipinski definition) is 0. The third-order valence-electron chi connectivity index (χ3n) is 1.34. The van der Waals surface area contributed by atoms with Gasteiger partial charge in [-0.05, 0) is 6.08 Å². The summed E-state index contributed by atoms with van der Waals surface area (Å²) in [5.74, 6) is 0. The van der Waals surface area contributed by atoms with Crippen molar-refractivity contribution in [2.45, 2.75) is 0 Å². The van der Waals surface area contributed by atoms with Crippen LogP contribution in [0.4, 0.5) is 0 Å². The number of hydrogen-bond acceptors (Lipinski definition) is 1. The Bertz CT molecular complexity index is 408. The lowest BCUT2D eigenvalue weighted by Crippen LogP contribution is -2.18. The summed E-state index contributed by atoms with van der Waals surface area (Å²) in [7, 11) is 0. The fourth-order valence-corrected chi connectivity index (χ4v) is 0.807. The molecular weight excluding hydrogens is 154 g/mol. The number of nitrogens with zero attached hydrogens (tertiary/aromatic N) is 5. The number of rotatable bonds is 0. The maximum atomic E-state index is 8.53. The molecule has 0 spiro atoms. The monoisotopic (exact) mass is 157 g/mol. The van der Waals surface area contributed by atoms with Crippen molar-refractivity contribution in [2.75, 3.05) is 0 Å². The molecule has 0 aromatic heterocycles. The minimum atomic E-state index is -0.0255. The first kappa shape index (κ1) is 7.83. The zero-order valence-corrected chi connectivity index (χ0v) is 5.97. The van der Waals surface area contributed by atoms with Crippen LogP contribution in [0.25, 0.3) is 11.1 Å². The summed E-state index contributed by atoms with van der Waals surface area (Å²) in [5.41, 5.74) is 17.1. The van der Waals surface area contributed by atoms with Crippen LogP contribution in [0.1, 0.15) is 0 Å². The van der Waals surface area contributed by atoms with Gasteiger partial charge in [-0.25, -0.2) is 0 Å². The smallest absolute Gasteiger partial charge is 0.360 e. The lowest BCUT2D eigenvalue weighted by Gasteiger charge is -1.88. The van der Waals surface area contributed by atoms with Crippen molar-refractivity contribution in [1.82, 2.24) is 0 Å². The van der Waals surface area contributed by atoms with E-state index >= 15 is 0 Å². The largest absolute Gasteiger partial charge is 0.420 e. The molecule has 56 valence electrons. The van der Waals surface area contributed by atoms with Gasteiger partial charge in [-0.15, -0.1) is 0 Å². The minimum absolute atomic E-state index is 0.0255. The van der Waals surface area contributed by atoms with E-state index in [9.17, 15) is 0 Å². The van der Waals surface area contributed by atoms with Crippen molar-refractivity contribution in [2.24, 2.45) is 0 Å². The first-order chi connectivity index (χ1) is 5.83. The fraction of sp³-hybridized carbons (Fsp3) is 0. The van der Waals surface area contributed by atoms with Crippen molar-refractivity contribution in [3.05, 3.63) is 34.9 Å². The molecule has 1 aliphatic rings. The molecule has 5 heteroatoms. The summed E-state index contributed by atoms with van der Waals surface area (Å²) in [6, 6.07) is 1.80. The first-order valence-electron chi connectivity index (χ1n) is 3.06. The molecule has 0 N–H and O–H groups in total. The lowest BCUT2D eigenvalue weighted by atomic mass is 10.0. The van der Waals surface area contributed by atoms with E-state index in [4.69, 9.17) is 16.3 Å². The molecule has 0 heterocycles. The highest BCUT2D eigenvalue weighted by atomic mass is 14.9. The van der Waals surface area contributed by atoms with Gasteiger partial charge in [0, 0.05) is 6.08 Å². The quantitative estimate of drug-likeness (QED) is 0.283. The van der Waals surface area contributed by atoms with Gasteiger partial charge in [0.15, 0.2) is 0 Å². The van der Waals surface area contributed by atoms with E-state index in [0.717, 1.165) is 0 Å². The van der Waals surface area contributed by atoms with E-state index in [0.29, 0.717) is 0 Å². The average molecular weight is 157 g/mol. The minimum Gasteiger partial charge on any atom is -0.360 e. The van der Waals surface area contributed by atoms with Crippen molar-refractivity contribution < 1.29 is 9.58 Å². The first-order valence-corrected chi connectivity index (χ1v) is 3.06. The third-order valence-corrected chi connectivity index (χ3v) is 1.34. The van der Waals surface area contributed by atoms with E-state index in [1.807, 2.05) is 0 Å². The number of allylic oxidation sites excluding steroid dienone is 4. The highest BCUT2D eigenvalue weighted by Gasteiger charge is 2.30. The SMILES string of the molecule is N#CC1=CC=CC(=[N+]=[N-])C1=[N+]=[N-]. The van der Waals surface area contributed by atoms with Gasteiger partial charge in [0.05, 0.1) is 0 Å². The Morgan fingerprint density at radius 1 is 1.33 bits per heavy atom. The molecule has 5 nitrogen and oxygen atoms in total. The molecule has 12 heavy (non-hydrogen) atoms. The number of nitriles is 1. The van der Waals surface area contributed by atoms with Gasteiger partial charge >= 0.3 is 11.4 Å². The summed E-state index contributed by atoms with van der Waals surface area (Å²) in [4.78, 5) is 5.68. The predicted molar refractivity (Wildman–Crippen MR) is 40.1 cm³/mol. The summed E-state index contributed by atoms with van der Waals surface area (Å²) in [6.45, 7) is 0. The highest BCUT2D eigenvalue weighted by molar-refractivity contribution is 6.49. The molecule has 0 unspecified atom stereocenters. The molecule has 0 saturated carbocycles. The second-order valence-corrected chi connectivity index (χ2v) is 1.99. The van der Waals surface area contributed by atoms with Crippen LogP contribution in [0.15, 0.2) is 23.8 Å². The topological polar surface area (TPSA) is 96.6 Å². The van der Waals surface area contributed by atoms with Crippen LogP contribution in [0.5, 0.6) is 0 Å². The van der Waals surface area contributed by atoms with Gasteiger partial charge in [0.2, 0.25) is 0 Å². The van der Waals surface area contributed by atoms with Crippen LogP contribution >= 0.6 is 0 Å². The summed E-state index contributed by atoms with van der Waals surface area (Å²) >= 11 is 0. The Morgan fingerprint density at radius 2 is 2.08 bits per heavy atom. The van der Waals surface area contributed by atoms with Gasteiger partial charge in [-0.3, -0.25) is 0 Å². The van der Waals surface area contributed by atoms with Crippen LogP contribution in [-0.2, 0) is 0 Å². The molecule has 0 radical (unpaired) electrons. The normalized spacial score (nSPS) is 14.4. The fourth-order valence-electron chi connectivity index (χ4n) is 0.807. The summed E-state index contributed by atoms with van der Waals surface area (Å²) in [6.07, 6.45) is 4.42. The van der Waals surface area contributed by atoms with Crippen LogP contribution in [0.3, 0.4) is 0 Å². The van der Waals surface area contributed by atoms with Gasteiger partial charge < -0.3 is 11.1 Å².